The maximum atomic E-state index is 13.9. The lowest BCUT2D eigenvalue weighted by molar-refractivity contribution is -0.186. The Morgan fingerprint density at radius 3 is 2.62 bits per heavy atom. The van der Waals surface area contributed by atoms with E-state index in [4.69, 9.17) is 37.1 Å². The molecule has 52 heavy (non-hydrogen) atoms. The van der Waals surface area contributed by atoms with Crippen LogP contribution in [0.2, 0.25) is 10.0 Å². The molecule has 0 spiro atoms. The Kier molecular flexibility index (Phi) is 11.2. The van der Waals surface area contributed by atoms with Gasteiger partial charge in [0.25, 0.3) is 11.8 Å². The lowest BCUT2D eigenvalue weighted by Crippen LogP contribution is -2.45. The number of carbonyl (C=O) groups is 4. The summed E-state index contributed by atoms with van der Waals surface area (Å²) in [6.07, 6.45) is 1.48. The first-order valence-corrected chi connectivity index (χ1v) is 20.0. The fourth-order valence-electron chi connectivity index (χ4n) is 6.14. The van der Waals surface area contributed by atoms with Gasteiger partial charge in [0.05, 0.1) is 32.1 Å². The summed E-state index contributed by atoms with van der Waals surface area (Å²) in [5.41, 5.74) is 2.70. The van der Waals surface area contributed by atoms with Crippen LogP contribution in [0.5, 0.6) is 0 Å². The van der Waals surface area contributed by atoms with E-state index < -0.39 is 46.1 Å². The second-order valence-electron chi connectivity index (χ2n) is 12.6. The number of carbonyl (C=O) groups excluding carboxylic acids is 4. The Hall–Kier alpha value is -4.08. The van der Waals surface area contributed by atoms with Crippen molar-refractivity contribution in [1.29, 1.82) is 0 Å². The highest BCUT2D eigenvalue weighted by Crippen LogP contribution is 2.35. The largest absolute Gasteiger partial charge is 0.464 e. The number of hydrogen-bond donors (Lipinski definition) is 2. The summed E-state index contributed by atoms with van der Waals surface area (Å²) in [6.45, 7) is 3.81. The lowest BCUT2D eigenvalue weighted by Gasteiger charge is -2.30. The number of amides is 2. The summed E-state index contributed by atoms with van der Waals surface area (Å²) < 4.78 is 40.7. The fourth-order valence-corrected chi connectivity index (χ4v) is 8.57. The predicted octanol–water partition coefficient (Wildman–Crippen LogP) is 5.17. The number of hydrogen-bond acceptors (Lipinski definition) is 11. The van der Waals surface area contributed by atoms with E-state index in [1.54, 1.807) is 47.2 Å². The number of ether oxygens (including phenoxy) is 2. The molecular weight excluding hydrogens is 753 g/mol. The highest BCUT2D eigenvalue weighted by molar-refractivity contribution is 8.00. The van der Waals surface area contributed by atoms with Gasteiger partial charge in [0.2, 0.25) is 6.29 Å². The molecule has 12 nitrogen and oxygen atoms in total. The molecule has 2 amide bonds. The topological polar surface area (TPSA) is 161 Å². The van der Waals surface area contributed by atoms with Crippen molar-refractivity contribution in [2.45, 2.75) is 61.9 Å². The number of benzene rings is 3. The molecule has 1 saturated heterocycles. The van der Waals surface area contributed by atoms with Gasteiger partial charge in [0.15, 0.2) is 9.84 Å². The van der Waals surface area contributed by atoms with Crippen LogP contribution in [-0.4, -0.2) is 79.4 Å². The van der Waals surface area contributed by atoms with Gasteiger partial charge in [0.1, 0.15) is 17.7 Å². The summed E-state index contributed by atoms with van der Waals surface area (Å²) in [5, 5.41) is 6.74. The molecule has 2 aliphatic rings. The number of nitrogens with one attached hydrogen (secondary N) is 2. The molecule has 1 fully saturated rings. The van der Waals surface area contributed by atoms with Crippen molar-refractivity contribution in [3.05, 3.63) is 98.7 Å². The predicted molar refractivity (Wildman–Crippen MR) is 196 cm³/mol. The van der Waals surface area contributed by atoms with Gasteiger partial charge < -0.3 is 24.1 Å². The molecule has 2 aliphatic heterocycles. The maximum absolute atomic E-state index is 13.9. The van der Waals surface area contributed by atoms with E-state index in [0.717, 1.165) is 11.6 Å². The molecule has 2 N–H and O–H groups in total. The number of fused-ring (bicyclic) bond motifs is 2. The third-order valence-corrected chi connectivity index (χ3v) is 11.8. The molecule has 3 unspecified atom stereocenters. The van der Waals surface area contributed by atoms with Crippen molar-refractivity contribution in [1.82, 2.24) is 15.5 Å². The highest BCUT2D eigenvalue weighted by atomic mass is 35.5. The minimum Gasteiger partial charge on any atom is -0.464 e. The summed E-state index contributed by atoms with van der Waals surface area (Å²) in [4.78, 5) is 55.1. The van der Waals surface area contributed by atoms with Gasteiger partial charge in [-0.25, -0.2) is 13.2 Å². The molecule has 16 heteroatoms. The fraction of sp³-hybridized carbons (Fsp3) is 0.333. The van der Waals surface area contributed by atoms with E-state index in [1.807, 2.05) is 19.1 Å². The van der Waals surface area contributed by atoms with Gasteiger partial charge in [-0.05, 0) is 66.4 Å². The molecule has 0 aliphatic carbocycles. The average Bonchev–Trinajstić information content (AvgIpc) is 3.75. The van der Waals surface area contributed by atoms with Crippen LogP contribution in [0, 0.1) is 0 Å². The minimum absolute atomic E-state index is 0.00259. The van der Waals surface area contributed by atoms with Crippen molar-refractivity contribution in [2.24, 2.45) is 0 Å². The monoisotopic (exact) mass is 787 g/mol. The van der Waals surface area contributed by atoms with Crippen LogP contribution in [0.3, 0.4) is 0 Å². The van der Waals surface area contributed by atoms with Gasteiger partial charge in [-0.15, -0.1) is 11.8 Å². The van der Waals surface area contributed by atoms with Crippen LogP contribution < -0.4 is 10.6 Å². The number of nitrogens with zero attached hydrogens (tertiary/aromatic N) is 1. The number of esters is 2. The zero-order valence-electron chi connectivity index (χ0n) is 28.3. The lowest BCUT2D eigenvalue weighted by atomic mass is 9.95. The van der Waals surface area contributed by atoms with E-state index in [9.17, 15) is 27.6 Å². The highest BCUT2D eigenvalue weighted by Gasteiger charge is 2.33. The number of halogens is 2. The first kappa shape index (κ1) is 37.7. The smallest absolute Gasteiger partial charge is 0.332 e. The van der Waals surface area contributed by atoms with E-state index >= 15 is 0 Å². The van der Waals surface area contributed by atoms with Crippen molar-refractivity contribution >= 4 is 79.5 Å². The van der Waals surface area contributed by atoms with Gasteiger partial charge in [-0.2, -0.15) is 0 Å². The number of rotatable bonds is 10. The van der Waals surface area contributed by atoms with Gasteiger partial charge in [0, 0.05) is 49.4 Å². The number of furan rings is 1. The van der Waals surface area contributed by atoms with Crippen molar-refractivity contribution in [3.8, 4) is 0 Å². The zero-order chi connectivity index (χ0) is 37.3. The maximum Gasteiger partial charge on any atom is 0.332 e. The van der Waals surface area contributed by atoms with E-state index in [1.165, 1.54) is 25.1 Å². The number of sulfone groups is 1. The van der Waals surface area contributed by atoms with Crippen LogP contribution in [-0.2, 0) is 48.3 Å². The molecular formula is C36H35Cl2N3O9S2. The van der Waals surface area contributed by atoms with Gasteiger partial charge >= 0.3 is 11.9 Å². The first-order valence-electron chi connectivity index (χ1n) is 16.3. The minimum atomic E-state index is -3.58. The molecule has 3 aromatic carbocycles. The van der Waals surface area contributed by atoms with E-state index in [2.05, 4.69) is 10.6 Å². The molecule has 4 atom stereocenters. The Bertz CT molecular complexity index is 2170. The third kappa shape index (κ3) is 8.42. The Labute approximate surface area is 314 Å². The SMILES string of the molecule is CC(OC(=O)C1CSC(C)N1)OC(=O)[C@H](Cc1cccc(S(C)(=O)=O)c1)NC(=O)c1c(Cl)cc2c(c1Cl)CCN(C(=O)c1ccc3ccoc3c1)C2. The van der Waals surface area contributed by atoms with Crippen molar-refractivity contribution in [3.63, 3.8) is 0 Å². The van der Waals surface area contributed by atoms with Crippen LogP contribution >= 0.6 is 35.0 Å². The summed E-state index contributed by atoms with van der Waals surface area (Å²) in [6, 6.07) is 12.6. The first-order chi connectivity index (χ1) is 24.7. The summed E-state index contributed by atoms with van der Waals surface area (Å²) in [7, 11) is -3.58. The van der Waals surface area contributed by atoms with Crippen LogP contribution in [0.1, 0.15) is 51.3 Å². The molecule has 0 saturated carbocycles. The second kappa shape index (κ2) is 15.5. The zero-order valence-corrected chi connectivity index (χ0v) is 31.5. The van der Waals surface area contributed by atoms with Crippen molar-refractivity contribution in [2.75, 3.05) is 18.6 Å². The molecule has 0 bridgehead atoms. The molecule has 1 aromatic heterocycles. The summed E-state index contributed by atoms with van der Waals surface area (Å²) in [5.74, 6) is -2.02. The average molecular weight is 789 g/mol. The van der Waals surface area contributed by atoms with Gasteiger partial charge in [-0.1, -0.05) is 41.4 Å². The van der Waals surface area contributed by atoms with Crippen molar-refractivity contribution < 1.29 is 41.5 Å². The van der Waals surface area contributed by atoms with Crippen LogP contribution in [0.4, 0.5) is 0 Å². The standard InChI is InChI=1S/C36H35Cl2N3O9S2/c1-19-39-29(18-51-19)36(45)50-20(2)49-35(44)28(14-21-5-4-6-25(13-21)52(3,46)47)40-33(42)31-27(37)15-24-17-41(11-9-26(24)32(31)38)34(43)23-8-7-22-10-12-48-30(22)16-23/h4-8,10,12-13,15-16,19-20,28-29,39H,9,11,14,17-18H2,1-3H3,(H,40,42)/t19?,20?,28-,29?/m0/s1. The molecule has 4 aromatic rings. The van der Waals surface area contributed by atoms with Crippen LogP contribution in [0.25, 0.3) is 11.0 Å². The normalized spacial score (nSPS) is 18.4. The quantitative estimate of drug-likeness (QED) is 0.161. The summed E-state index contributed by atoms with van der Waals surface area (Å²) >= 11 is 15.0. The Morgan fingerprint density at radius 2 is 1.88 bits per heavy atom. The van der Waals surface area contributed by atoms with Crippen LogP contribution in [0.15, 0.2) is 70.2 Å². The molecule has 6 rings (SSSR count). The van der Waals surface area contributed by atoms with E-state index in [0.29, 0.717) is 46.6 Å². The van der Waals surface area contributed by atoms with Gasteiger partial charge in [-0.3, -0.25) is 19.7 Å². The third-order valence-electron chi connectivity index (χ3n) is 8.78. The van der Waals surface area contributed by atoms with E-state index in [-0.39, 0.29) is 44.8 Å². The Morgan fingerprint density at radius 1 is 1.10 bits per heavy atom. The number of thioether (sulfide) groups is 1. The molecule has 3 heterocycles. The Balaban J connectivity index is 1.21. The second-order valence-corrected chi connectivity index (χ2v) is 16.8. The molecule has 274 valence electrons. The molecule has 0 radical (unpaired) electrons.